The zero-order valence-electron chi connectivity index (χ0n) is 16.4. The first-order valence-corrected chi connectivity index (χ1v) is 9.77. The van der Waals surface area contributed by atoms with Crippen molar-refractivity contribution in [1.82, 2.24) is 15.1 Å². The highest BCUT2D eigenvalue weighted by atomic mass is 35.5. The van der Waals surface area contributed by atoms with E-state index in [1.807, 2.05) is 18.7 Å². The number of carbonyl (C=O) groups excluding carboxylic acids is 2. The molecule has 1 aliphatic rings. The summed E-state index contributed by atoms with van der Waals surface area (Å²) in [5, 5.41) is 2.48. The van der Waals surface area contributed by atoms with Crippen LogP contribution in [-0.4, -0.2) is 60.9 Å². The molecule has 0 aromatic heterocycles. The van der Waals surface area contributed by atoms with E-state index < -0.39 is 11.7 Å². The number of halogens is 4. The van der Waals surface area contributed by atoms with Gasteiger partial charge in [0.2, 0.25) is 11.8 Å². The molecule has 5 nitrogen and oxygen atoms in total. The fourth-order valence-electron chi connectivity index (χ4n) is 2.84. The van der Waals surface area contributed by atoms with E-state index in [1.165, 1.54) is 18.2 Å². The van der Waals surface area contributed by atoms with E-state index in [2.05, 4.69) is 5.32 Å². The molecule has 0 radical (unpaired) electrons. The second-order valence-electron chi connectivity index (χ2n) is 7.37. The van der Waals surface area contributed by atoms with Gasteiger partial charge in [0.1, 0.15) is 0 Å². The number of rotatable bonds is 6. The van der Waals surface area contributed by atoms with Crippen molar-refractivity contribution < 1.29 is 22.8 Å². The predicted octanol–water partition coefficient (Wildman–Crippen LogP) is 3.29. The minimum atomic E-state index is -4.55. The quantitative estimate of drug-likeness (QED) is 0.703. The van der Waals surface area contributed by atoms with Crippen molar-refractivity contribution in [1.29, 1.82) is 0 Å². The fraction of sp³-hybridized carbons (Fsp3) is 0.500. The Morgan fingerprint density at radius 2 is 1.86 bits per heavy atom. The molecule has 0 spiro atoms. The van der Waals surface area contributed by atoms with Gasteiger partial charge in [-0.15, -0.1) is 0 Å². The van der Waals surface area contributed by atoms with Crippen LogP contribution in [0.3, 0.4) is 0 Å². The number of benzene rings is 1. The monoisotopic (exact) mass is 431 g/mol. The van der Waals surface area contributed by atoms with Crippen LogP contribution in [-0.2, 0) is 15.8 Å². The Kier molecular flexibility index (Phi) is 8.10. The Labute approximate surface area is 173 Å². The summed E-state index contributed by atoms with van der Waals surface area (Å²) in [5.74, 6) is 0.0621. The molecule has 9 heteroatoms. The normalized spacial score (nSPS) is 15.9. The number of nitrogens with zero attached hydrogens (tertiary/aromatic N) is 2. The van der Waals surface area contributed by atoms with Gasteiger partial charge in [-0.25, -0.2) is 0 Å². The summed E-state index contributed by atoms with van der Waals surface area (Å²) in [6.07, 6.45) is -1.95. The van der Waals surface area contributed by atoms with Gasteiger partial charge in [-0.05, 0) is 29.7 Å². The topological polar surface area (TPSA) is 52.7 Å². The Balaban J connectivity index is 1.86. The molecule has 1 saturated heterocycles. The summed E-state index contributed by atoms with van der Waals surface area (Å²) in [6.45, 7) is 6.99. The first-order valence-electron chi connectivity index (χ1n) is 9.39. The average Bonchev–Trinajstić information content (AvgIpc) is 2.65. The lowest BCUT2D eigenvalue weighted by atomic mass is 10.1. The fourth-order valence-corrected chi connectivity index (χ4v) is 3.06. The summed E-state index contributed by atoms with van der Waals surface area (Å²) >= 11 is 5.60. The van der Waals surface area contributed by atoms with Crippen LogP contribution in [0.5, 0.6) is 0 Å². The number of nitrogens with one attached hydrogen (secondary N) is 1. The number of carbonyl (C=O) groups is 2. The molecule has 0 atom stereocenters. The van der Waals surface area contributed by atoms with Crippen LogP contribution in [0.25, 0.3) is 6.08 Å². The summed E-state index contributed by atoms with van der Waals surface area (Å²) < 4.78 is 38.7. The molecule has 1 heterocycles. The van der Waals surface area contributed by atoms with Crippen LogP contribution in [0.15, 0.2) is 24.3 Å². The molecule has 1 N–H and O–H groups in total. The Morgan fingerprint density at radius 3 is 2.45 bits per heavy atom. The van der Waals surface area contributed by atoms with Crippen molar-refractivity contribution in [2.75, 3.05) is 39.3 Å². The number of alkyl halides is 3. The number of piperazine rings is 1. The third kappa shape index (κ3) is 7.36. The van der Waals surface area contributed by atoms with Crippen molar-refractivity contribution in [3.05, 3.63) is 40.4 Å². The molecule has 1 aliphatic heterocycles. The predicted molar refractivity (Wildman–Crippen MR) is 106 cm³/mol. The Hall–Kier alpha value is -2.06. The van der Waals surface area contributed by atoms with E-state index >= 15 is 0 Å². The standard InChI is InChI=1S/C20H25ClF3N3O2/c1-14(2)12-25-18(28)13-26-7-9-27(10-8-26)19(29)6-4-15-3-5-17(21)16(11-15)20(22,23)24/h3-6,11,14H,7-10,12-13H2,1-2H3,(H,25,28). The lowest BCUT2D eigenvalue weighted by molar-refractivity contribution is -0.137. The maximum Gasteiger partial charge on any atom is 0.417 e. The maximum absolute atomic E-state index is 12.9. The third-order valence-electron chi connectivity index (χ3n) is 4.47. The third-order valence-corrected chi connectivity index (χ3v) is 4.80. The number of amides is 2. The van der Waals surface area contributed by atoms with Crippen LogP contribution in [0, 0.1) is 5.92 Å². The molecule has 29 heavy (non-hydrogen) atoms. The highest BCUT2D eigenvalue weighted by Crippen LogP contribution is 2.35. The largest absolute Gasteiger partial charge is 0.417 e. The molecule has 160 valence electrons. The summed E-state index contributed by atoms with van der Waals surface area (Å²) in [6, 6.07) is 3.51. The molecule has 0 bridgehead atoms. The molecular formula is C20H25ClF3N3O2. The summed E-state index contributed by atoms with van der Waals surface area (Å²) in [4.78, 5) is 27.8. The number of hydrogen-bond acceptors (Lipinski definition) is 3. The van der Waals surface area contributed by atoms with Crippen LogP contribution < -0.4 is 5.32 Å². The van der Waals surface area contributed by atoms with Gasteiger partial charge in [-0.2, -0.15) is 13.2 Å². The minimum Gasteiger partial charge on any atom is -0.355 e. The van der Waals surface area contributed by atoms with Crippen molar-refractivity contribution in [2.24, 2.45) is 5.92 Å². The van der Waals surface area contributed by atoms with Gasteiger partial charge in [-0.3, -0.25) is 14.5 Å². The molecule has 1 aromatic carbocycles. The lowest BCUT2D eigenvalue weighted by Crippen LogP contribution is -2.51. The lowest BCUT2D eigenvalue weighted by Gasteiger charge is -2.33. The number of hydrogen-bond donors (Lipinski definition) is 1. The van der Waals surface area contributed by atoms with Crippen molar-refractivity contribution in [2.45, 2.75) is 20.0 Å². The zero-order valence-corrected chi connectivity index (χ0v) is 17.2. The maximum atomic E-state index is 12.9. The summed E-state index contributed by atoms with van der Waals surface area (Å²) in [7, 11) is 0. The van der Waals surface area contributed by atoms with E-state index in [0.29, 0.717) is 38.6 Å². The second-order valence-corrected chi connectivity index (χ2v) is 7.78. The first kappa shape index (κ1) is 23.2. The van der Waals surface area contributed by atoms with Crippen molar-refractivity contribution in [3.63, 3.8) is 0 Å². The van der Waals surface area contributed by atoms with Crippen molar-refractivity contribution >= 4 is 29.5 Å². The zero-order chi connectivity index (χ0) is 21.6. The molecule has 0 saturated carbocycles. The van der Waals surface area contributed by atoms with Gasteiger partial charge in [0.25, 0.3) is 0 Å². The van der Waals surface area contributed by atoms with Gasteiger partial charge in [0.05, 0.1) is 17.1 Å². The van der Waals surface area contributed by atoms with E-state index in [9.17, 15) is 22.8 Å². The Morgan fingerprint density at radius 1 is 1.21 bits per heavy atom. The summed E-state index contributed by atoms with van der Waals surface area (Å²) in [5.41, 5.74) is -0.686. The molecule has 2 rings (SSSR count). The highest BCUT2D eigenvalue weighted by molar-refractivity contribution is 6.31. The molecule has 1 aromatic rings. The average molecular weight is 432 g/mol. The highest BCUT2D eigenvalue weighted by Gasteiger charge is 2.33. The first-order chi connectivity index (χ1) is 13.6. The second kappa shape index (κ2) is 10.1. The molecule has 1 fully saturated rings. The van der Waals surface area contributed by atoms with Gasteiger partial charge in [0, 0.05) is 38.8 Å². The van der Waals surface area contributed by atoms with Crippen LogP contribution in [0.1, 0.15) is 25.0 Å². The molecule has 0 aliphatic carbocycles. The van der Waals surface area contributed by atoms with Gasteiger partial charge in [-0.1, -0.05) is 31.5 Å². The SMILES string of the molecule is CC(C)CNC(=O)CN1CCN(C(=O)C=Cc2ccc(Cl)c(C(F)(F)F)c2)CC1. The van der Waals surface area contributed by atoms with Gasteiger partial charge >= 0.3 is 6.18 Å². The van der Waals surface area contributed by atoms with E-state index in [1.54, 1.807) is 4.90 Å². The van der Waals surface area contributed by atoms with Gasteiger partial charge in [0.15, 0.2) is 0 Å². The van der Waals surface area contributed by atoms with E-state index in [0.717, 1.165) is 12.1 Å². The van der Waals surface area contributed by atoms with Crippen LogP contribution in [0.2, 0.25) is 5.02 Å². The molecule has 2 amide bonds. The van der Waals surface area contributed by atoms with Crippen molar-refractivity contribution in [3.8, 4) is 0 Å². The van der Waals surface area contributed by atoms with Crippen LogP contribution >= 0.6 is 11.6 Å². The Bertz CT molecular complexity index is 758. The van der Waals surface area contributed by atoms with E-state index in [4.69, 9.17) is 11.6 Å². The van der Waals surface area contributed by atoms with E-state index in [-0.39, 0.29) is 28.9 Å². The minimum absolute atomic E-state index is 0.0402. The molecule has 0 unspecified atom stereocenters. The van der Waals surface area contributed by atoms with Gasteiger partial charge < -0.3 is 10.2 Å². The van der Waals surface area contributed by atoms with Crippen LogP contribution in [0.4, 0.5) is 13.2 Å². The molecular weight excluding hydrogens is 407 g/mol. The smallest absolute Gasteiger partial charge is 0.355 e.